The van der Waals surface area contributed by atoms with Crippen LogP contribution in [0.5, 0.6) is 0 Å². The summed E-state index contributed by atoms with van der Waals surface area (Å²) in [5, 5.41) is 14.1. The van der Waals surface area contributed by atoms with E-state index in [0.717, 1.165) is 24.4 Å². The van der Waals surface area contributed by atoms with Gasteiger partial charge in [-0.25, -0.2) is 0 Å². The first-order valence-corrected chi connectivity index (χ1v) is 7.00. The fourth-order valence-electron chi connectivity index (χ4n) is 1.56. The van der Waals surface area contributed by atoms with Crippen molar-refractivity contribution in [1.29, 1.82) is 0 Å². The van der Waals surface area contributed by atoms with Gasteiger partial charge in [0.1, 0.15) is 0 Å². The van der Waals surface area contributed by atoms with E-state index in [1.165, 1.54) is 11.3 Å². The summed E-state index contributed by atoms with van der Waals surface area (Å²) in [6.45, 7) is 6.98. The van der Waals surface area contributed by atoms with Crippen molar-refractivity contribution in [3.05, 3.63) is 27.1 Å². The quantitative estimate of drug-likeness (QED) is 0.448. The molecule has 102 valence electrons. The Balaban J connectivity index is 2.23. The molecule has 0 bridgehead atoms. The van der Waals surface area contributed by atoms with E-state index in [9.17, 15) is 10.1 Å². The predicted molar refractivity (Wildman–Crippen MR) is 75.1 cm³/mol. The molecule has 5 nitrogen and oxygen atoms in total. The molecular formula is C12H21N3O2S. The van der Waals surface area contributed by atoms with Crippen molar-refractivity contribution in [1.82, 2.24) is 10.2 Å². The molecule has 0 fully saturated rings. The lowest BCUT2D eigenvalue weighted by Gasteiger charge is -2.23. The zero-order chi connectivity index (χ0) is 13.5. The lowest BCUT2D eigenvalue weighted by Crippen LogP contribution is -2.34. The van der Waals surface area contributed by atoms with Crippen molar-refractivity contribution in [3.63, 3.8) is 0 Å². The second kappa shape index (κ2) is 7.45. The molecule has 0 aliphatic heterocycles. The maximum Gasteiger partial charge on any atom is 0.324 e. The molecule has 1 rings (SSSR count). The fraction of sp³-hybridized carbons (Fsp3) is 0.667. The minimum Gasteiger partial charge on any atom is -0.311 e. The summed E-state index contributed by atoms with van der Waals surface area (Å²) >= 11 is 1.24. The monoisotopic (exact) mass is 271 g/mol. The van der Waals surface area contributed by atoms with Gasteiger partial charge in [0.05, 0.1) is 4.92 Å². The van der Waals surface area contributed by atoms with Crippen LogP contribution in [-0.2, 0) is 6.54 Å². The Morgan fingerprint density at radius 2 is 2.28 bits per heavy atom. The summed E-state index contributed by atoms with van der Waals surface area (Å²) in [5.74, 6) is 0. The number of hydrogen-bond acceptors (Lipinski definition) is 5. The summed E-state index contributed by atoms with van der Waals surface area (Å²) < 4.78 is 0. The van der Waals surface area contributed by atoms with Crippen molar-refractivity contribution < 1.29 is 4.92 Å². The largest absolute Gasteiger partial charge is 0.324 e. The molecule has 0 spiro atoms. The second-order valence-corrected chi connectivity index (χ2v) is 5.56. The Morgan fingerprint density at radius 1 is 1.56 bits per heavy atom. The average Bonchev–Trinajstić information content (AvgIpc) is 2.82. The Hall–Kier alpha value is -0.980. The Bertz CT molecular complexity index is 381. The van der Waals surface area contributed by atoms with Crippen LogP contribution in [0.3, 0.4) is 0 Å². The molecule has 0 saturated heterocycles. The van der Waals surface area contributed by atoms with Crippen LogP contribution in [0.4, 0.5) is 5.00 Å². The smallest absolute Gasteiger partial charge is 0.311 e. The number of rotatable bonds is 8. The summed E-state index contributed by atoms with van der Waals surface area (Å²) in [6.07, 6.45) is 1.15. The maximum atomic E-state index is 10.5. The molecular weight excluding hydrogens is 250 g/mol. The van der Waals surface area contributed by atoms with Gasteiger partial charge in [-0.1, -0.05) is 18.3 Å². The molecule has 0 saturated carbocycles. The molecule has 18 heavy (non-hydrogen) atoms. The summed E-state index contributed by atoms with van der Waals surface area (Å²) in [7, 11) is 2.12. The molecule has 0 amide bonds. The molecule has 1 N–H and O–H groups in total. The average molecular weight is 271 g/mol. The molecule has 6 heteroatoms. The molecule has 1 aromatic heterocycles. The van der Waals surface area contributed by atoms with Crippen LogP contribution in [-0.4, -0.2) is 36.0 Å². The lowest BCUT2D eigenvalue weighted by atomic mass is 10.2. The van der Waals surface area contributed by atoms with Crippen LogP contribution >= 0.6 is 11.3 Å². The molecule has 0 aliphatic rings. The second-order valence-electron chi connectivity index (χ2n) is 4.41. The van der Waals surface area contributed by atoms with Crippen LogP contribution < -0.4 is 5.32 Å². The molecule has 0 radical (unpaired) electrons. The minimum absolute atomic E-state index is 0.212. The number of nitrogens with zero attached hydrogens (tertiary/aromatic N) is 2. The highest BCUT2D eigenvalue weighted by atomic mass is 32.1. The SMILES string of the molecule is CCC(C)N(C)CCNCc1ccc([N+](=O)[O-])s1. The van der Waals surface area contributed by atoms with Gasteiger partial charge < -0.3 is 10.2 Å². The predicted octanol–water partition coefficient (Wildman–Crippen LogP) is 2.48. The Labute approximate surface area is 112 Å². The van der Waals surface area contributed by atoms with Gasteiger partial charge >= 0.3 is 5.00 Å². The lowest BCUT2D eigenvalue weighted by molar-refractivity contribution is -0.380. The van der Waals surface area contributed by atoms with E-state index in [4.69, 9.17) is 0 Å². The molecule has 0 aromatic carbocycles. The summed E-state index contributed by atoms with van der Waals surface area (Å²) in [6, 6.07) is 3.97. The summed E-state index contributed by atoms with van der Waals surface area (Å²) in [5.41, 5.74) is 0. The van der Waals surface area contributed by atoms with Crippen LogP contribution in [0.25, 0.3) is 0 Å². The first-order chi connectivity index (χ1) is 8.54. The normalized spacial score (nSPS) is 12.9. The zero-order valence-electron chi connectivity index (χ0n) is 11.2. The Morgan fingerprint density at radius 3 is 2.83 bits per heavy atom. The van der Waals surface area contributed by atoms with Gasteiger partial charge in [0.15, 0.2) is 0 Å². The maximum absolute atomic E-state index is 10.5. The fourth-order valence-corrected chi connectivity index (χ4v) is 2.35. The van der Waals surface area contributed by atoms with Crippen molar-refractivity contribution >= 4 is 16.3 Å². The van der Waals surface area contributed by atoms with Gasteiger partial charge in [0.2, 0.25) is 0 Å². The van der Waals surface area contributed by atoms with E-state index in [1.54, 1.807) is 6.07 Å². The van der Waals surface area contributed by atoms with Crippen molar-refractivity contribution in [2.24, 2.45) is 0 Å². The van der Waals surface area contributed by atoms with Gasteiger partial charge in [-0.3, -0.25) is 10.1 Å². The molecule has 0 aliphatic carbocycles. The molecule has 1 atom stereocenters. The van der Waals surface area contributed by atoms with Crippen LogP contribution in [0.1, 0.15) is 25.1 Å². The number of nitrogens with one attached hydrogen (secondary N) is 1. The van der Waals surface area contributed by atoms with Gasteiger partial charge in [0, 0.05) is 36.6 Å². The van der Waals surface area contributed by atoms with Gasteiger partial charge in [-0.2, -0.15) is 0 Å². The minimum atomic E-state index is -0.342. The number of nitro groups is 1. The third-order valence-corrected chi connectivity index (χ3v) is 4.15. The van der Waals surface area contributed by atoms with Gasteiger partial charge in [-0.05, 0) is 26.5 Å². The van der Waals surface area contributed by atoms with Crippen molar-refractivity contribution in [2.75, 3.05) is 20.1 Å². The highest BCUT2D eigenvalue weighted by Crippen LogP contribution is 2.23. The number of likely N-dealkylation sites (N-methyl/N-ethyl adjacent to an activating group) is 1. The number of thiophene rings is 1. The standard InChI is InChI=1S/C12H21N3O2S/c1-4-10(2)14(3)8-7-13-9-11-5-6-12(18-11)15(16)17/h5-6,10,13H,4,7-9H2,1-3H3. The number of hydrogen-bond donors (Lipinski definition) is 1. The van der Waals surface area contributed by atoms with E-state index in [1.807, 2.05) is 6.07 Å². The van der Waals surface area contributed by atoms with Gasteiger partial charge in [0.25, 0.3) is 0 Å². The van der Waals surface area contributed by atoms with Crippen LogP contribution in [0.2, 0.25) is 0 Å². The van der Waals surface area contributed by atoms with E-state index in [-0.39, 0.29) is 9.92 Å². The molecule has 1 heterocycles. The first kappa shape index (κ1) is 15.1. The molecule has 1 unspecified atom stereocenters. The zero-order valence-corrected chi connectivity index (χ0v) is 12.0. The first-order valence-electron chi connectivity index (χ1n) is 6.18. The van der Waals surface area contributed by atoms with E-state index in [0.29, 0.717) is 12.6 Å². The van der Waals surface area contributed by atoms with Crippen molar-refractivity contribution in [3.8, 4) is 0 Å². The van der Waals surface area contributed by atoms with Crippen LogP contribution in [0.15, 0.2) is 12.1 Å². The Kier molecular flexibility index (Phi) is 6.24. The highest BCUT2D eigenvalue weighted by Gasteiger charge is 2.09. The van der Waals surface area contributed by atoms with Crippen molar-refractivity contribution in [2.45, 2.75) is 32.9 Å². The van der Waals surface area contributed by atoms with E-state index < -0.39 is 0 Å². The summed E-state index contributed by atoms with van der Waals surface area (Å²) in [4.78, 5) is 13.5. The third kappa shape index (κ3) is 4.72. The molecule has 1 aromatic rings. The third-order valence-electron chi connectivity index (χ3n) is 3.11. The topological polar surface area (TPSA) is 58.4 Å². The van der Waals surface area contributed by atoms with Crippen LogP contribution in [0, 0.1) is 10.1 Å². The highest BCUT2D eigenvalue weighted by molar-refractivity contribution is 7.15. The van der Waals surface area contributed by atoms with E-state index in [2.05, 4.69) is 31.1 Å². The van der Waals surface area contributed by atoms with E-state index >= 15 is 0 Å². The van der Waals surface area contributed by atoms with Gasteiger partial charge in [-0.15, -0.1) is 0 Å².